The molecule has 1 N–H and O–H groups in total. The standard InChI is InChI=1S/C14H21F2N/c1-4-8-17-10-14(2,3)9-11-6-5-7-12(15)13(11)16/h5-7,17H,4,8-10H2,1-3H3. The van der Waals surface area contributed by atoms with E-state index >= 15 is 0 Å². The first-order valence-corrected chi connectivity index (χ1v) is 6.10. The molecule has 0 saturated carbocycles. The van der Waals surface area contributed by atoms with E-state index in [0.29, 0.717) is 12.0 Å². The average Bonchev–Trinajstić information content (AvgIpc) is 2.25. The first kappa shape index (κ1) is 14.1. The predicted octanol–water partition coefficient (Wildman–Crippen LogP) is 3.53. The first-order chi connectivity index (χ1) is 7.96. The summed E-state index contributed by atoms with van der Waals surface area (Å²) in [6, 6.07) is 4.37. The van der Waals surface area contributed by atoms with E-state index in [1.165, 1.54) is 0 Å². The molecule has 0 saturated heterocycles. The van der Waals surface area contributed by atoms with Crippen LogP contribution in [0, 0.1) is 17.0 Å². The van der Waals surface area contributed by atoms with Gasteiger partial charge in [-0.3, -0.25) is 0 Å². The molecule has 0 radical (unpaired) electrons. The van der Waals surface area contributed by atoms with E-state index in [1.807, 2.05) is 0 Å². The summed E-state index contributed by atoms with van der Waals surface area (Å²) in [4.78, 5) is 0. The Bertz CT molecular complexity index is 361. The fraction of sp³-hybridized carbons (Fsp3) is 0.571. The fourth-order valence-corrected chi connectivity index (χ4v) is 1.87. The number of rotatable bonds is 6. The van der Waals surface area contributed by atoms with Crippen molar-refractivity contribution in [3.8, 4) is 0 Å². The molecule has 0 aliphatic heterocycles. The van der Waals surface area contributed by atoms with Gasteiger partial charge in [-0.15, -0.1) is 0 Å². The lowest BCUT2D eigenvalue weighted by Gasteiger charge is -2.25. The molecule has 3 heteroatoms. The highest BCUT2D eigenvalue weighted by atomic mass is 19.2. The van der Waals surface area contributed by atoms with Crippen LogP contribution in [-0.2, 0) is 6.42 Å². The Balaban J connectivity index is 2.65. The quantitative estimate of drug-likeness (QED) is 0.751. The van der Waals surface area contributed by atoms with Gasteiger partial charge < -0.3 is 5.32 Å². The van der Waals surface area contributed by atoms with Crippen molar-refractivity contribution in [3.63, 3.8) is 0 Å². The topological polar surface area (TPSA) is 12.0 Å². The van der Waals surface area contributed by atoms with Crippen molar-refractivity contribution >= 4 is 0 Å². The van der Waals surface area contributed by atoms with Crippen molar-refractivity contribution < 1.29 is 8.78 Å². The molecule has 0 unspecified atom stereocenters. The van der Waals surface area contributed by atoms with Gasteiger partial charge in [0.05, 0.1) is 0 Å². The van der Waals surface area contributed by atoms with Crippen LogP contribution in [0.25, 0.3) is 0 Å². The summed E-state index contributed by atoms with van der Waals surface area (Å²) in [6.45, 7) is 7.97. The largest absolute Gasteiger partial charge is 0.316 e. The lowest BCUT2D eigenvalue weighted by molar-refractivity contribution is 0.332. The zero-order chi connectivity index (χ0) is 12.9. The Labute approximate surface area is 102 Å². The molecule has 1 nitrogen and oxygen atoms in total. The molecular weight excluding hydrogens is 220 g/mol. The smallest absolute Gasteiger partial charge is 0.162 e. The number of benzene rings is 1. The summed E-state index contributed by atoms with van der Waals surface area (Å²) in [7, 11) is 0. The molecule has 0 amide bonds. The van der Waals surface area contributed by atoms with Crippen LogP contribution in [0.4, 0.5) is 8.78 Å². The SMILES string of the molecule is CCCNCC(C)(C)Cc1cccc(F)c1F. The molecule has 0 aromatic heterocycles. The molecule has 0 fully saturated rings. The van der Waals surface area contributed by atoms with Gasteiger partial charge in [-0.1, -0.05) is 32.9 Å². The summed E-state index contributed by atoms with van der Waals surface area (Å²) in [5.41, 5.74) is 0.373. The Kier molecular flexibility index (Phi) is 5.06. The molecule has 0 heterocycles. The van der Waals surface area contributed by atoms with E-state index in [0.717, 1.165) is 25.6 Å². The van der Waals surface area contributed by atoms with Crippen molar-refractivity contribution in [1.29, 1.82) is 0 Å². The van der Waals surface area contributed by atoms with Crippen LogP contribution >= 0.6 is 0 Å². The lowest BCUT2D eigenvalue weighted by Crippen LogP contribution is -2.31. The van der Waals surface area contributed by atoms with Gasteiger partial charge in [0.2, 0.25) is 0 Å². The second-order valence-electron chi connectivity index (χ2n) is 5.23. The predicted molar refractivity (Wildman–Crippen MR) is 67.0 cm³/mol. The van der Waals surface area contributed by atoms with Gasteiger partial charge in [-0.25, -0.2) is 8.78 Å². The van der Waals surface area contributed by atoms with Crippen LogP contribution < -0.4 is 5.32 Å². The summed E-state index contributed by atoms with van der Waals surface area (Å²) < 4.78 is 26.6. The minimum absolute atomic E-state index is 0.0796. The van der Waals surface area contributed by atoms with E-state index in [2.05, 4.69) is 26.1 Å². The van der Waals surface area contributed by atoms with E-state index in [-0.39, 0.29) is 5.41 Å². The Morgan fingerprint density at radius 1 is 1.24 bits per heavy atom. The number of hydrogen-bond donors (Lipinski definition) is 1. The fourth-order valence-electron chi connectivity index (χ4n) is 1.87. The van der Waals surface area contributed by atoms with E-state index in [4.69, 9.17) is 0 Å². The van der Waals surface area contributed by atoms with Crippen molar-refractivity contribution in [3.05, 3.63) is 35.4 Å². The highest BCUT2D eigenvalue weighted by Gasteiger charge is 2.20. The molecule has 0 bridgehead atoms. The van der Waals surface area contributed by atoms with Gasteiger partial charge in [-0.05, 0) is 36.4 Å². The van der Waals surface area contributed by atoms with Crippen LogP contribution in [0.15, 0.2) is 18.2 Å². The molecule has 0 aliphatic carbocycles. The summed E-state index contributed by atoms with van der Waals surface area (Å²) >= 11 is 0. The Hall–Kier alpha value is -0.960. The lowest BCUT2D eigenvalue weighted by atomic mass is 9.85. The maximum Gasteiger partial charge on any atom is 0.162 e. The molecule has 0 aliphatic rings. The second-order valence-corrected chi connectivity index (χ2v) is 5.23. The van der Waals surface area contributed by atoms with Gasteiger partial charge in [-0.2, -0.15) is 0 Å². The number of halogens is 2. The van der Waals surface area contributed by atoms with E-state index in [1.54, 1.807) is 12.1 Å². The van der Waals surface area contributed by atoms with Crippen LogP contribution in [0.3, 0.4) is 0 Å². The van der Waals surface area contributed by atoms with Crippen LogP contribution in [0.1, 0.15) is 32.8 Å². The van der Waals surface area contributed by atoms with Crippen LogP contribution in [0.2, 0.25) is 0 Å². The van der Waals surface area contributed by atoms with Gasteiger partial charge in [0.15, 0.2) is 11.6 Å². The van der Waals surface area contributed by atoms with E-state index < -0.39 is 11.6 Å². The number of hydrogen-bond acceptors (Lipinski definition) is 1. The summed E-state index contributed by atoms with van der Waals surface area (Å²) in [5.74, 6) is -1.48. The minimum atomic E-state index is -0.764. The van der Waals surface area contributed by atoms with Crippen LogP contribution in [-0.4, -0.2) is 13.1 Å². The first-order valence-electron chi connectivity index (χ1n) is 6.10. The van der Waals surface area contributed by atoms with Gasteiger partial charge in [0.25, 0.3) is 0 Å². The molecule has 1 aromatic rings. The third-order valence-corrected chi connectivity index (χ3v) is 2.73. The van der Waals surface area contributed by atoms with Gasteiger partial charge in [0, 0.05) is 6.54 Å². The van der Waals surface area contributed by atoms with Gasteiger partial charge >= 0.3 is 0 Å². The molecular formula is C14H21F2N. The molecule has 96 valence electrons. The molecule has 0 atom stereocenters. The van der Waals surface area contributed by atoms with E-state index in [9.17, 15) is 8.78 Å². The highest BCUT2D eigenvalue weighted by Crippen LogP contribution is 2.23. The third kappa shape index (κ3) is 4.43. The maximum atomic E-state index is 13.5. The monoisotopic (exact) mass is 241 g/mol. The Morgan fingerprint density at radius 3 is 2.59 bits per heavy atom. The zero-order valence-corrected chi connectivity index (χ0v) is 10.8. The van der Waals surface area contributed by atoms with Crippen molar-refractivity contribution in [1.82, 2.24) is 5.32 Å². The molecule has 1 aromatic carbocycles. The molecule has 17 heavy (non-hydrogen) atoms. The van der Waals surface area contributed by atoms with Gasteiger partial charge in [0.1, 0.15) is 0 Å². The van der Waals surface area contributed by atoms with Crippen molar-refractivity contribution in [2.24, 2.45) is 5.41 Å². The van der Waals surface area contributed by atoms with Crippen molar-refractivity contribution in [2.45, 2.75) is 33.6 Å². The Morgan fingerprint density at radius 2 is 1.94 bits per heavy atom. The average molecular weight is 241 g/mol. The highest BCUT2D eigenvalue weighted by molar-refractivity contribution is 5.20. The third-order valence-electron chi connectivity index (χ3n) is 2.73. The zero-order valence-electron chi connectivity index (χ0n) is 10.8. The van der Waals surface area contributed by atoms with Crippen LogP contribution in [0.5, 0.6) is 0 Å². The second kappa shape index (κ2) is 6.10. The minimum Gasteiger partial charge on any atom is -0.316 e. The maximum absolute atomic E-state index is 13.5. The molecule has 1 rings (SSSR count). The number of nitrogens with one attached hydrogen (secondary N) is 1. The normalized spacial score (nSPS) is 11.8. The molecule has 0 spiro atoms. The summed E-state index contributed by atoms with van der Waals surface area (Å²) in [5, 5.41) is 3.31. The van der Waals surface area contributed by atoms with Crippen molar-refractivity contribution in [2.75, 3.05) is 13.1 Å². The summed E-state index contributed by atoms with van der Waals surface area (Å²) in [6.07, 6.45) is 1.61.